The molecule has 9 heavy (non-hydrogen) atoms. The maximum absolute atomic E-state index is 3.75. The summed E-state index contributed by atoms with van der Waals surface area (Å²) in [7, 11) is 0. The van der Waals surface area contributed by atoms with Gasteiger partial charge in [-0.1, -0.05) is 0 Å². The molecule has 0 bridgehead atoms. The van der Waals surface area contributed by atoms with E-state index in [9.17, 15) is 0 Å². The second-order valence-corrected chi connectivity index (χ2v) is 1.57. The third kappa shape index (κ3) is 2.80. The Balaban J connectivity index is 0.000000640. The molecule has 0 N–H and O–H groups in total. The first-order valence-corrected chi connectivity index (χ1v) is 2.61. The van der Waals surface area contributed by atoms with Crippen molar-refractivity contribution in [3.05, 3.63) is 25.6 Å². The average molecular weight is 292 g/mol. The summed E-state index contributed by atoms with van der Waals surface area (Å²) in [5.41, 5.74) is 0. The van der Waals surface area contributed by atoms with Crippen LogP contribution < -0.4 is 0 Å². The van der Waals surface area contributed by atoms with Gasteiger partial charge in [0.1, 0.15) is 0 Å². The van der Waals surface area contributed by atoms with Crippen LogP contribution in [-0.4, -0.2) is 9.55 Å². The maximum Gasteiger partial charge on any atom is 2.00 e. The molecule has 0 saturated carbocycles. The van der Waals surface area contributed by atoms with Gasteiger partial charge in [-0.25, -0.2) is 0 Å². The first kappa shape index (κ1) is 8.90. The van der Waals surface area contributed by atoms with Gasteiger partial charge in [0.05, 0.1) is 0 Å². The van der Waals surface area contributed by atoms with E-state index in [2.05, 4.69) is 18.2 Å². The fraction of sp³-hybridized carbons (Fsp3) is 0.333. The van der Waals surface area contributed by atoms with E-state index in [1.165, 1.54) is 0 Å². The van der Waals surface area contributed by atoms with Crippen molar-refractivity contribution >= 4 is 0 Å². The summed E-state index contributed by atoms with van der Waals surface area (Å²) in [6.07, 6.45) is 7.26. The van der Waals surface area contributed by atoms with Crippen molar-refractivity contribution in [1.29, 1.82) is 0 Å². The summed E-state index contributed by atoms with van der Waals surface area (Å²) in [5.74, 6) is 0. The molecule has 0 atom stereocenters. The van der Waals surface area contributed by atoms with Crippen molar-refractivity contribution in [1.82, 2.24) is 9.55 Å². The summed E-state index contributed by atoms with van der Waals surface area (Å²) in [5, 5.41) is 0. The van der Waals surface area contributed by atoms with E-state index in [1.807, 2.05) is 10.8 Å². The molecular weight excluding hydrogens is 284 g/mol. The molecule has 1 rings (SSSR count). The molecule has 0 aromatic carbocycles. The van der Waals surface area contributed by atoms with Crippen molar-refractivity contribution < 1.29 is 21.1 Å². The Kier molecular flexibility index (Phi) is 4.69. The molecule has 1 aromatic heterocycles. The van der Waals surface area contributed by atoms with Crippen molar-refractivity contribution in [3.8, 4) is 0 Å². The van der Waals surface area contributed by atoms with E-state index in [0.717, 1.165) is 13.0 Å². The molecule has 0 saturated heterocycles. The molecule has 0 aliphatic carbocycles. The van der Waals surface area contributed by atoms with Gasteiger partial charge in [-0.3, -0.25) is 0 Å². The van der Waals surface area contributed by atoms with Gasteiger partial charge in [0.15, 0.2) is 0 Å². The molecule has 0 radical (unpaired) electrons. The van der Waals surface area contributed by atoms with E-state index in [1.54, 1.807) is 6.20 Å². The van der Waals surface area contributed by atoms with Crippen LogP contribution in [0, 0.1) is 13.3 Å². The van der Waals surface area contributed by atoms with Gasteiger partial charge in [0.25, 0.3) is 0 Å². The maximum atomic E-state index is 3.75. The van der Waals surface area contributed by atoms with Crippen LogP contribution in [0.3, 0.4) is 0 Å². The zero-order valence-corrected chi connectivity index (χ0v) is 8.01. The van der Waals surface area contributed by atoms with Gasteiger partial charge in [-0.15, -0.1) is 12.4 Å². The Labute approximate surface area is 69.6 Å². The monoisotopic (exact) mass is 292 g/mol. The largest absolute Gasteiger partial charge is 2.00 e. The first-order valence-electron chi connectivity index (χ1n) is 2.61. The predicted octanol–water partition coefficient (Wildman–Crippen LogP) is 0.905. The van der Waals surface area contributed by atoms with Crippen molar-refractivity contribution in [3.63, 3.8) is 0 Å². The number of aromatic nitrogens is 2. The second kappa shape index (κ2) is 4.75. The number of hydrogen-bond donors (Lipinski definition) is 0. The minimum absolute atomic E-state index is 0. The predicted molar refractivity (Wildman–Crippen MR) is 31.0 cm³/mol. The normalized spacial score (nSPS) is 8.56. The standard InChI is InChI=1S/C6H8N2.W/c1-2-4-8-5-3-7-6-8;/h3,5H,1-2,4H2;/q-2;+2. The molecule has 0 aliphatic rings. The number of aryl methyl sites for hydroxylation is 1. The summed E-state index contributed by atoms with van der Waals surface area (Å²) in [6, 6.07) is 0. The molecule has 0 fully saturated rings. The molecule has 1 heterocycles. The number of imidazole rings is 1. The quantitative estimate of drug-likeness (QED) is 0.741. The number of nitrogens with zero attached hydrogens (tertiary/aromatic N) is 2. The molecule has 1 aromatic rings. The fourth-order valence-electron chi connectivity index (χ4n) is 0.550. The molecule has 0 unspecified atom stereocenters. The topological polar surface area (TPSA) is 17.8 Å². The van der Waals surface area contributed by atoms with Gasteiger partial charge < -0.3 is 16.5 Å². The van der Waals surface area contributed by atoms with Crippen LogP contribution in [0.4, 0.5) is 0 Å². The summed E-state index contributed by atoms with van der Waals surface area (Å²) >= 11 is 0. The van der Waals surface area contributed by atoms with E-state index >= 15 is 0 Å². The summed E-state index contributed by atoms with van der Waals surface area (Å²) in [4.78, 5) is 3.75. The Hall–Kier alpha value is -0.102. The zero-order chi connectivity index (χ0) is 5.82. The summed E-state index contributed by atoms with van der Waals surface area (Å²) in [6.45, 7) is 4.61. The molecular formula is C6H8N2W. The van der Waals surface area contributed by atoms with E-state index in [4.69, 9.17) is 0 Å². The van der Waals surface area contributed by atoms with E-state index in [0.29, 0.717) is 0 Å². The van der Waals surface area contributed by atoms with E-state index < -0.39 is 0 Å². The van der Waals surface area contributed by atoms with Gasteiger partial charge in [0, 0.05) is 6.33 Å². The zero-order valence-electron chi connectivity index (χ0n) is 5.08. The third-order valence-electron chi connectivity index (χ3n) is 0.906. The molecule has 2 nitrogen and oxygen atoms in total. The van der Waals surface area contributed by atoms with Crippen molar-refractivity contribution in [2.45, 2.75) is 13.0 Å². The van der Waals surface area contributed by atoms with Crippen LogP contribution in [0.25, 0.3) is 0 Å². The van der Waals surface area contributed by atoms with Crippen molar-refractivity contribution in [2.24, 2.45) is 0 Å². The van der Waals surface area contributed by atoms with Crippen LogP contribution in [-0.2, 0) is 27.6 Å². The molecule has 0 aliphatic heterocycles. The summed E-state index contributed by atoms with van der Waals surface area (Å²) < 4.78 is 1.88. The van der Waals surface area contributed by atoms with Crippen LogP contribution in [0.5, 0.6) is 0 Å². The minimum Gasteiger partial charge on any atom is -0.456 e. The molecule has 0 amide bonds. The first-order chi connectivity index (χ1) is 3.93. The van der Waals surface area contributed by atoms with Crippen LogP contribution >= 0.6 is 0 Å². The molecule has 48 valence electrons. The number of rotatable bonds is 2. The average Bonchev–Trinajstić information content (AvgIpc) is 2.19. The van der Waals surface area contributed by atoms with Crippen LogP contribution in [0.2, 0.25) is 0 Å². The Morgan fingerprint density at radius 2 is 2.44 bits per heavy atom. The smallest absolute Gasteiger partial charge is 0.456 e. The fourth-order valence-corrected chi connectivity index (χ4v) is 0.550. The van der Waals surface area contributed by atoms with Crippen molar-refractivity contribution in [2.75, 3.05) is 0 Å². The number of hydrogen-bond acceptors (Lipinski definition) is 1. The van der Waals surface area contributed by atoms with Gasteiger partial charge in [0.2, 0.25) is 0 Å². The Morgan fingerprint density at radius 3 is 2.89 bits per heavy atom. The molecule has 3 heteroatoms. The SMILES string of the molecule is [CH2-]CCn1[c-]ncc1.[W+2]. The van der Waals surface area contributed by atoms with E-state index in [-0.39, 0.29) is 21.1 Å². The van der Waals surface area contributed by atoms with Crippen LogP contribution in [0.15, 0.2) is 12.4 Å². The van der Waals surface area contributed by atoms with Gasteiger partial charge >= 0.3 is 21.1 Å². The molecule has 0 spiro atoms. The Morgan fingerprint density at radius 1 is 1.67 bits per heavy atom. The second-order valence-electron chi connectivity index (χ2n) is 1.57. The van der Waals surface area contributed by atoms with Gasteiger partial charge in [-0.05, 0) is 6.54 Å². The minimum atomic E-state index is 0. The van der Waals surface area contributed by atoms with Gasteiger partial charge in [-0.2, -0.15) is 6.42 Å². The third-order valence-corrected chi connectivity index (χ3v) is 0.906. The van der Waals surface area contributed by atoms with Crippen LogP contribution in [0.1, 0.15) is 6.42 Å². The Bertz CT molecular complexity index is 137.